The molecule has 2 rings (SSSR count). The normalized spacial score (nSPS) is 20.8. The molecule has 2 heterocycles. The summed E-state index contributed by atoms with van der Waals surface area (Å²) in [6.07, 6.45) is 1.34. The lowest BCUT2D eigenvalue weighted by atomic mass is 10.1. The van der Waals surface area contributed by atoms with Gasteiger partial charge in [-0.15, -0.1) is 12.6 Å². The van der Waals surface area contributed by atoms with Crippen LogP contribution in [0.15, 0.2) is 12.3 Å². The van der Waals surface area contributed by atoms with Crippen molar-refractivity contribution in [1.82, 2.24) is 10.3 Å². The Kier molecular flexibility index (Phi) is 3.81. The average molecular weight is 259 g/mol. The van der Waals surface area contributed by atoms with Crippen LogP contribution in [0, 0.1) is 0 Å². The molecule has 4 nitrogen and oxygen atoms in total. The number of rotatable bonds is 2. The third-order valence-corrected chi connectivity index (χ3v) is 3.02. The fourth-order valence-electron chi connectivity index (χ4n) is 1.59. The van der Waals surface area contributed by atoms with Gasteiger partial charge in [0.25, 0.3) is 0 Å². The molecule has 1 aliphatic rings. The Bertz CT molecular complexity index is 408. The largest absolute Gasteiger partial charge is 0.369 e. The summed E-state index contributed by atoms with van der Waals surface area (Å²) in [5.41, 5.74) is 0.956. The number of nitrogens with zero attached hydrogens (tertiary/aromatic N) is 1. The highest BCUT2D eigenvalue weighted by Gasteiger charge is 2.22. The van der Waals surface area contributed by atoms with E-state index in [9.17, 15) is 4.79 Å². The molecule has 6 heteroatoms. The topological polar surface area (TPSA) is 51.2 Å². The molecular weight excluding hydrogens is 248 g/mol. The van der Waals surface area contributed by atoms with Gasteiger partial charge in [-0.05, 0) is 6.07 Å². The zero-order chi connectivity index (χ0) is 11.5. The summed E-state index contributed by atoms with van der Waals surface area (Å²) in [7, 11) is 0. The molecule has 1 aromatic rings. The number of aromatic nitrogens is 1. The van der Waals surface area contributed by atoms with Gasteiger partial charge in [-0.25, -0.2) is 0 Å². The van der Waals surface area contributed by atoms with Gasteiger partial charge in [0.2, 0.25) is 5.12 Å². The number of hydrogen-bond donors (Lipinski definition) is 2. The van der Waals surface area contributed by atoms with Gasteiger partial charge < -0.3 is 10.1 Å². The van der Waals surface area contributed by atoms with Crippen molar-refractivity contribution in [2.24, 2.45) is 0 Å². The summed E-state index contributed by atoms with van der Waals surface area (Å²) < 4.78 is 5.53. The first-order chi connectivity index (χ1) is 7.70. The first-order valence-electron chi connectivity index (χ1n) is 4.90. The summed E-state index contributed by atoms with van der Waals surface area (Å²) in [5, 5.41) is 3.15. The van der Waals surface area contributed by atoms with Crippen LogP contribution >= 0.6 is 24.2 Å². The Balaban J connectivity index is 2.33. The molecule has 1 atom stereocenters. The minimum atomic E-state index is -0.364. The Labute approximate surface area is 104 Å². The van der Waals surface area contributed by atoms with Crippen LogP contribution in [-0.2, 0) is 4.74 Å². The van der Waals surface area contributed by atoms with Crippen molar-refractivity contribution in [3.05, 3.63) is 28.5 Å². The standard InChI is InChI=1S/C10H11ClN2O2S/c11-8-6(10(14)16)1-2-13-9(8)7-5-12-3-4-15-7/h1-2,7,12H,3-5H2,(H,14,16). The monoisotopic (exact) mass is 258 g/mol. The van der Waals surface area contributed by atoms with E-state index >= 15 is 0 Å². The van der Waals surface area contributed by atoms with Crippen molar-refractivity contribution >= 4 is 29.3 Å². The van der Waals surface area contributed by atoms with Crippen molar-refractivity contribution in [1.29, 1.82) is 0 Å². The van der Waals surface area contributed by atoms with Crippen molar-refractivity contribution in [3.63, 3.8) is 0 Å². The van der Waals surface area contributed by atoms with E-state index in [1.807, 2.05) is 0 Å². The number of thiol groups is 1. The molecule has 0 bridgehead atoms. The zero-order valence-electron chi connectivity index (χ0n) is 8.44. The molecule has 16 heavy (non-hydrogen) atoms. The summed E-state index contributed by atoms with van der Waals surface area (Å²) in [6.45, 7) is 2.08. The molecule has 1 saturated heterocycles. The van der Waals surface area contributed by atoms with Gasteiger partial charge >= 0.3 is 0 Å². The summed E-state index contributed by atoms with van der Waals surface area (Å²) >= 11 is 9.86. The number of hydrogen-bond acceptors (Lipinski definition) is 4. The van der Waals surface area contributed by atoms with E-state index in [4.69, 9.17) is 16.3 Å². The Morgan fingerprint density at radius 1 is 1.69 bits per heavy atom. The molecule has 1 N–H and O–H groups in total. The van der Waals surface area contributed by atoms with Gasteiger partial charge in [-0.2, -0.15) is 0 Å². The maximum Gasteiger partial charge on any atom is 0.217 e. The molecule has 1 unspecified atom stereocenters. The summed E-state index contributed by atoms with van der Waals surface area (Å²) in [4.78, 5) is 15.4. The number of ether oxygens (including phenoxy) is 1. The van der Waals surface area contributed by atoms with E-state index in [2.05, 4.69) is 22.9 Å². The highest BCUT2D eigenvalue weighted by atomic mass is 35.5. The minimum absolute atomic E-state index is 0.200. The van der Waals surface area contributed by atoms with Crippen LogP contribution in [0.4, 0.5) is 0 Å². The SMILES string of the molecule is O=C(S)c1ccnc(C2CNCCO2)c1Cl. The van der Waals surface area contributed by atoms with E-state index in [0.29, 0.717) is 29.4 Å². The fraction of sp³-hybridized carbons (Fsp3) is 0.400. The van der Waals surface area contributed by atoms with Crippen LogP contribution in [0.5, 0.6) is 0 Å². The first kappa shape index (κ1) is 11.9. The Hall–Kier alpha value is -0.620. The summed E-state index contributed by atoms with van der Waals surface area (Å²) in [6, 6.07) is 1.55. The lowest BCUT2D eigenvalue weighted by Gasteiger charge is -2.24. The van der Waals surface area contributed by atoms with E-state index in [0.717, 1.165) is 6.54 Å². The van der Waals surface area contributed by atoms with Gasteiger partial charge in [-0.1, -0.05) is 11.6 Å². The highest BCUT2D eigenvalue weighted by molar-refractivity contribution is 7.97. The van der Waals surface area contributed by atoms with Crippen LogP contribution in [0.25, 0.3) is 0 Å². The minimum Gasteiger partial charge on any atom is -0.369 e. The maximum atomic E-state index is 11.2. The van der Waals surface area contributed by atoms with Crippen molar-refractivity contribution in [3.8, 4) is 0 Å². The van der Waals surface area contributed by atoms with Gasteiger partial charge in [0.05, 0.1) is 22.9 Å². The zero-order valence-corrected chi connectivity index (χ0v) is 10.1. The van der Waals surface area contributed by atoms with E-state index in [-0.39, 0.29) is 11.2 Å². The fourth-order valence-corrected chi connectivity index (χ4v) is 2.16. The number of pyridine rings is 1. The number of halogens is 1. The van der Waals surface area contributed by atoms with Crippen LogP contribution in [-0.4, -0.2) is 29.8 Å². The second kappa shape index (κ2) is 5.14. The molecule has 0 spiro atoms. The molecule has 0 saturated carbocycles. The van der Waals surface area contributed by atoms with Gasteiger partial charge in [0.1, 0.15) is 6.10 Å². The molecule has 1 aliphatic heterocycles. The number of carbonyl (C=O) groups excluding carboxylic acids is 1. The van der Waals surface area contributed by atoms with Gasteiger partial charge in [0.15, 0.2) is 0 Å². The molecule has 1 fully saturated rings. The molecule has 86 valence electrons. The molecule has 1 aromatic heterocycles. The van der Waals surface area contributed by atoms with Crippen LogP contribution in [0.3, 0.4) is 0 Å². The lowest BCUT2D eigenvalue weighted by Crippen LogP contribution is -2.34. The lowest BCUT2D eigenvalue weighted by molar-refractivity contribution is 0.0251. The third-order valence-electron chi connectivity index (χ3n) is 2.38. The molecule has 0 aromatic carbocycles. The van der Waals surface area contributed by atoms with Gasteiger partial charge in [-0.3, -0.25) is 9.78 Å². The van der Waals surface area contributed by atoms with Gasteiger partial charge in [0, 0.05) is 19.3 Å². The van der Waals surface area contributed by atoms with E-state index in [1.54, 1.807) is 12.3 Å². The quantitative estimate of drug-likeness (QED) is 0.789. The van der Waals surface area contributed by atoms with Crippen molar-refractivity contribution in [2.75, 3.05) is 19.7 Å². The predicted octanol–water partition coefficient (Wildman–Crippen LogP) is 1.47. The molecule has 0 amide bonds. The maximum absolute atomic E-state index is 11.2. The van der Waals surface area contributed by atoms with Crippen LogP contribution in [0.1, 0.15) is 22.2 Å². The number of morpholine rings is 1. The molecule has 0 radical (unpaired) electrons. The average Bonchev–Trinajstić information content (AvgIpc) is 2.30. The second-order valence-corrected chi connectivity index (χ2v) is 4.21. The van der Waals surface area contributed by atoms with Crippen LogP contribution in [0.2, 0.25) is 5.02 Å². The van der Waals surface area contributed by atoms with E-state index < -0.39 is 0 Å². The second-order valence-electron chi connectivity index (χ2n) is 3.43. The van der Waals surface area contributed by atoms with Crippen molar-refractivity contribution in [2.45, 2.75) is 6.10 Å². The third kappa shape index (κ3) is 2.38. The van der Waals surface area contributed by atoms with Crippen molar-refractivity contribution < 1.29 is 9.53 Å². The predicted molar refractivity (Wildman–Crippen MR) is 64.1 cm³/mol. The van der Waals surface area contributed by atoms with Crippen LogP contribution < -0.4 is 5.32 Å². The smallest absolute Gasteiger partial charge is 0.217 e. The summed E-state index contributed by atoms with van der Waals surface area (Å²) in [5.74, 6) is 0. The Morgan fingerprint density at radius 3 is 3.12 bits per heavy atom. The first-order valence-corrected chi connectivity index (χ1v) is 5.72. The molecular formula is C10H11ClN2O2S. The number of carbonyl (C=O) groups is 1. The van der Waals surface area contributed by atoms with E-state index in [1.165, 1.54) is 0 Å². The highest BCUT2D eigenvalue weighted by Crippen LogP contribution is 2.28. The Morgan fingerprint density at radius 2 is 2.50 bits per heavy atom. The molecule has 0 aliphatic carbocycles. The number of nitrogens with one attached hydrogen (secondary N) is 1.